The van der Waals surface area contributed by atoms with E-state index in [1.54, 1.807) is 42.5 Å². The fourth-order valence-electron chi connectivity index (χ4n) is 4.22. The Bertz CT molecular complexity index is 1210. The zero-order valence-electron chi connectivity index (χ0n) is 19.2. The summed E-state index contributed by atoms with van der Waals surface area (Å²) in [6.45, 7) is 1.68. The molecule has 6 N–H and O–H groups in total. The number of rotatable bonds is 7. The lowest BCUT2D eigenvalue weighted by molar-refractivity contribution is -0.120. The molecule has 3 aromatic carbocycles. The zero-order chi connectivity index (χ0) is 24.8. The monoisotopic (exact) mass is 489 g/mol. The first kappa shape index (κ1) is 24.5. The van der Waals surface area contributed by atoms with E-state index in [0.717, 1.165) is 11.1 Å². The van der Waals surface area contributed by atoms with E-state index in [1.165, 1.54) is 6.08 Å². The first-order valence-electron chi connectivity index (χ1n) is 11.4. The summed E-state index contributed by atoms with van der Waals surface area (Å²) in [4.78, 5) is 27.4. The lowest BCUT2D eigenvalue weighted by Crippen LogP contribution is -2.31. The van der Waals surface area contributed by atoms with Crippen molar-refractivity contribution < 1.29 is 9.59 Å². The molecule has 180 valence electrons. The minimum absolute atomic E-state index is 0.00762. The van der Waals surface area contributed by atoms with Crippen LogP contribution in [0.1, 0.15) is 17.0 Å². The van der Waals surface area contributed by atoms with Crippen molar-refractivity contribution >= 4 is 46.6 Å². The van der Waals surface area contributed by atoms with Crippen LogP contribution in [-0.2, 0) is 9.59 Å². The quantitative estimate of drug-likeness (QED) is 0.294. The Morgan fingerprint density at radius 3 is 2.37 bits per heavy atom. The summed E-state index contributed by atoms with van der Waals surface area (Å²) >= 11 is 5.95. The Morgan fingerprint density at radius 2 is 1.69 bits per heavy atom. The largest absolute Gasteiger partial charge is 0.397 e. The van der Waals surface area contributed by atoms with Gasteiger partial charge in [-0.15, -0.1) is 0 Å². The van der Waals surface area contributed by atoms with Crippen LogP contribution >= 0.6 is 11.6 Å². The van der Waals surface area contributed by atoms with E-state index in [1.807, 2.05) is 36.4 Å². The Balaban J connectivity index is 1.42. The molecule has 3 aromatic rings. The summed E-state index contributed by atoms with van der Waals surface area (Å²) in [5.74, 6) is -0.541. The summed E-state index contributed by atoms with van der Waals surface area (Å²) in [6.07, 6.45) is 3.21. The highest BCUT2D eigenvalue weighted by Crippen LogP contribution is 2.33. The van der Waals surface area contributed by atoms with Crippen LogP contribution in [0.5, 0.6) is 0 Å². The summed E-state index contributed by atoms with van der Waals surface area (Å²) in [7, 11) is 0. The van der Waals surface area contributed by atoms with E-state index in [9.17, 15) is 9.59 Å². The van der Waals surface area contributed by atoms with Crippen molar-refractivity contribution in [2.75, 3.05) is 36.1 Å². The lowest BCUT2D eigenvalue weighted by atomic mass is 9.88. The van der Waals surface area contributed by atoms with Crippen molar-refractivity contribution in [1.82, 2.24) is 4.90 Å². The average Bonchev–Trinajstić information content (AvgIpc) is 3.31. The normalized spacial score (nSPS) is 18.0. The van der Waals surface area contributed by atoms with Crippen molar-refractivity contribution in [2.45, 2.75) is 5.92 Å². The first-order valence-corrected chi connectivity index (χ1v) is 11.7. The SMILES string of the molecule is NCN1CC(C(=O)Nc2ccc(Cl)cc2)C(c2ccc(/C=C/C(=O)Nc3ccccc3N)cc2)C1. The van der Waals surface area contributed by atoms with Crippen molar-refractivity contribution in [3.63, 3.8) is 0 Å². The van der Waals surface area contributed by atoms with Gasteiger partial charge in [0.05, 0.1) is 17.3 Å². The molecule has 4 rings (SSSR count). The standard InChI is InChI=1S/C27H28ClN5O2/c28-20-10-12-21(13-11-20)31-27(35)23-16-33(17-29)15-22(23)19-8-5-18(6-9-19)7-14-26(34)32-25-4-2-1-3-24(25)30/h1-14,22-23H,15-17,29-30H2,(H,31,35)(H,32,34)/b14-7+. The molecule has 1 aliphatic heterocycles. The number of carbonyl (C=O) groups excluding carboxylic acids is 2. The zero-order valence-corrected chi connectivity index (χ0v) is 19.9. The van der Waals surface area contributed by atoms with Gasteiger partial charge in [-0.3, -0.25) is 14.5 Å². The molecule has 7 nitrogen and oxygen atoms in total. The van der Waals surface area contributed by atoms with E-state index in [0.29, 0.717) is 41.8 Å². The number of carbonyl (C=O) groups is 2. The Morgan fingerprint density at radius 1 is 0.971 bits per heavy atom. The van der Waals surface area contributed by atoms with Crippen LogP contribution in [0.2, 0.25) is 5.02 Å². The third-order valence-electron chi connectivity index (χ3n) is 6.11. The number of benzene rings is 3. The van der Waals surface area contributed by atoms with E-state index in [4.69, 9.17) is 23.1 Å². The average molecular weight is 490 g/mol. The summed E-state index contributed by atoms with van der Waals surface area (Å²) in [5, 5.41) is 6.38. The number of nitrogens with zero attached hydrogens (tertiary/aromatic N) is 1. The van der Waals surface area contributed by atoms with Gasteiger partial charge in [0.15, 0.2) is 0 Å². The number of nitrogens with two attached hydrogens (primary N) is 2. The molecular formula is C27H28ClN5O2. The molecule has 2 amide bonds. The summed E-state index contributed by atoms with van der Waals surface area (Å²) < 4.78 is 0. The van der Waals surface area contributed by atoms with Crippen molar-refractivity contribution in [1.29, 1.82) is 0 Å². The van der Waals surface area contributed by atoms with Crippen LogP contribution < -0.4 is 22.1 Å². The van der Waals surface area contributed by atoms with Crippen LogP contribution in [0.15, 0.2) is 78.9 Å². The van der Waals surface area contributed by atoms with Gasteiger partial charge in [0, 0.05) is 42.5 Å². The Hall–Kier alpha value is -3.65. The maximum absolute atomic E-state index is 13.1. The number of likely N-dealkylation sites (tertiary alicyclic amines) is 1. The van der Waals surface area contributed by atoms with E-state index < -0.39 is 0 Å². The molecule has 0 saturated carbocycles. The fourth-order valence-corrected chi connectivity index (χ4v) is 4.34. The van der Waals surface area contributed by atoms with Gasteiger partial charge in [-0.25, -0.2) is 0 Å². The number of nitrogens with one attached hydrogen (secondary N) is 2. The van der Waals surface area contributed by atoms with Gasteiger partial charge in [0.2, 0.25) is 11.8 Å². The molecule has 8 heteroatoms. The second kappa shape index (κ2) is 11.2. The molecule has 0 bridgehead atoms. The van der Waals surface area contributed by atoms with Crippen LogP contribution in [0.25, 0.3) is 6.08 Å². The fraction of sp³-hybridized carbons (Fsp3) is 0.185. The van der Waals surface area contributed by atoms with Crippen LogP contribution in [-0.4, -0.2) is 36.5 Å². The van der Waals surface area contributed by atoms with E-state index in [2.05, 4.69) is 15.5 Å². The molecule has 0 aliphatic carbocycles. The molecule has 1 fully saturated rings. The third kappa shape index (κ3) is 6.27. The summed E-state index contributed by atoms with van der Waals surface area (Å²) in [5.41, 5.74) is 15.5. The topological polar surface area (TPSA) is 113 Å². The molecule has 1 saturated heterocycles. The van der Waals surface area contributed by atoms with Crippen molar-refractivity contribution in [3.05, 3.63) is 95.0 Å². The van der Waals surface area contributed by atoms with Gasteiger partial charge in [0.25, 0.3) is 0 Å². The molecule has 1 heterocycles. The van der Waals surface area contributed by atoms with Gasteiger partial charge in [-0.05, 0) is 53.6 Å². The highest BCUT2D eigenvalue weighted by atomic mass is 35.5. The third-order valence-corrected chi connectivity index (χ3v) is 6.36. The van der Waals surface area contributed by atoms with Gasteiger partial charge in [0.1, 0.15) is 0 Å². The first-order chi connectivity index (χ1) is 16.9. The lowest BCUT2D eigenvalue weighted by Gasteiger charge is -2.19. The Kier molecular flexibility index (Phi) is 7.82. The van der Waals surface area contributed by atoms with Crippen LogP contribution in [0, 0.1) is 5.92 Å². The highest BCUT2D eigenvalue weighted by Gasteiger charge is 2.38. The number of hydrogen-bond acceptors (Lipinski definition) is 5. The molecule has 0 aromatic heterocycles. The predicted molar refractivity (Wildman–Crippen MR) is 142 cm³/mol. The number of para-hydroxylation sites is 2. The second-order valence-electron chi connectivity index (χ2n) is 8.50. The maximum atomic E-state index is 13.1. The minimum atomic E-state index is -0.264. The molecule has 2 unspecified atom stereocenters. The van der Waals surface area contributed by atoms with Gasteiger partial charge in [-0.2, -0.15) is 0 Å². The molecule has 2 atom stereocenters. The Labute approximate surface area is 209 Å². The molecule has 35 heavy (non-hydrogen) atoms. The highest BCUT2D eigenvalue weighted by molar-refractivity contribution is 6.30. The molecule has 0 radical (unpaired) electrons. The molecule has 1 aliphatic rings. The van der Waals surface area contributed by atoms with Crippen molar-refractivity contribution in [3.8, 4) is 0 Å². The van der Waals surface area contributed by atoms with Gasteiger partial charge >= 0.3 is 0 Å². The van der Waals surface area contributed by atoms with Crippen LogP contribution in [0.4, 0.5) is 17.1 Å². The predicted octanol–water partition coefficient (Wildman–Crippen LogP) is 4.14. The number of nitrogen functional groups attached to an aromatic ring is 1. The van der Waals surface area contributed by atoms with Crippen LogP contribution in [0.3, 0.4) is 0 Å². The van der Waals surface area contributed by atoms with E-state index >= 15 is 0 Å². The number of amides is 2. The number of anilines is 3. The smallest absolute Gasteiger partial charge is 0.248 e. The van der Waals surface area contributed by atoms with Gasteiger partial charge < -0.3 is 22.1 Å². The number of hydrogen-bond donors (Lipinski definition) is 4. The summed E-state index contributed by atoms with van der Waals surface area (Å²) in [6, 6.07) is 22.1. The van der Waals surface area contributed by atoms with Gasteiger partial charge in [-0.1, -0.05) is 48.0 Å². The second-order valence-corrected chi connectivity index (χ2v) is 8.94. The maximum Gasteiger partial charge on any atom is 0.248 e. The molecular weight excluding hydrogens is 462 g/mol. The van der Waals surface area contributed by atoms with E-state index in [-0.39, 0.29) is 23.7 Å². The minimum Gasteiger partial charge on any atom is -0.397 e. The molecule has 0 spiro atoms. The van der Waals surface area contributed by atoms with Crippen molar-refractivity contribution in [2.24, 2.45) is 11.7 Å². The number of halogens is 1.